The fraction of sp³-hybridized carbons (Fsp3) is 0.818. The predicted molar refractivity (Wildman–Crippen MR) is 55.3 cm³/mol. The second-order valence-corrected chi connectivity index (χ2v) is 5.22. The third-order valence-electron chi connectivity index (χ3n) is 3.75. The number of hydrogen-bond donors (Lipinski definition) is 3. The molecular weight excluding hydrogens is 274 g/mol. The number of carbonyl (C=O) groups is 2. The Labute approximate surface area is 113 Å². The summed E-state index contributed by atoms with van der Waals surface area (Å²) in [6, 6.07) is -1.31. The number of rotatable bonds is 4. The third kappa shape index (κ3) is 2.50. The van der Waals surface area contributed by atoms with Crippen LogP contribution < -0.4 is 15.9 Å². The van der Waals surface area contributed by atoms with Crippen molar-refractivity contribution >= 4 is 11.9 Å². The van der Waals surface area contributed by atoms with Crippen LogP contribution in [0.3, 0.4) is 0 Å². The highest BCUT2D eigenvalue weighted by Gasteiger charge is 2.55. The van der Waals surface area contributed by atoms with Crippen LogP contribution >= 0.6 is 0 Å². The molecule has 0 amide bonds. The van der Waals surface area contributed by atoms with Crippen LogP contribution in [0.4, 0.5) is 0 Å². The molecule has 0 radical (unpaired) electrons. The van der Waals surface area contributed by atoms with Crippen molar-refractivity contribution < 1.29 is 45.2 Å². The van der Waals surface area contributed by atoms with E-state index >= 15 is 0 Å². The monoisotopic (exact) mass is 290 g/mol. The summed E-state index contributed by atoms with van der Waals surface area (Å²) < 4.78 is 10.5. The molecular formula is C11H16NO8-. The van der Waals surface area contributed by atoms with E-state index in [4.69, 9.17) is 9.47 Å². The summed E-state index contributed by atoms with van der Waals surface area (Å²) in [5.74, 6) is -3.11. The molecule has 2 aliphatic rings. The van der Waals surface area contributed by atoms with Crippen LogP contribution in [0.2, 0.25) is 0 Å². The van der Waals surface area contributed by atoms with E-state index in [1.807, 2.05) is 0 Å². The third-order valence-corrected chi connectivity index (χ3v) is 3.75. The molecule has 0 aromatic rings. The number of carbonyl (C=O) groups excluding carboxylic acids is 2. The van der Waals surface area contributed by atoms with Crippen molar-refractivity contribution in [3.05, 3.63) is 0 Å². The van der Waals surface area contributed by atoms with E-state index in [-0.39, 0.29) is 13.0 Å². The summed E-state index contributed by atoms with van der Waals surface area (Å²) in [5.41, 5.74) is 1.37. The van der Waals surface area contributed by atoms with Gasteiger partial charge in [0.1, 0.15) is 30.0 Å². The fourth-order valence-electron chi connectivity index (χ4n) is 2.64. The van der Waals surface area contributed by atoms with Gasteiger partial charge < -0.3 is 45.2 Å². The van der Waals surface area contributed by atoms with E-state index in [0.717, 1.165) is 0 Å². The number of aliphatic carboxylic acids is 2. The van der Waals surface area contributed by atoms with Crippen molar-refractivity contribution in [3.8, 4) is 0 Å². The Balaban J connectivity index is 2.20. The van der Waals surface area contributed by atoms with Crippen LogP contribution in [0.5, 0.6) is 0 Å². The molecule has 6 atom stereocenters. The number of carboxylic acids is 2. The van der Waals surface area contributed by atoms with Gasteiger partial charge in [0.25, 0.3) is 0 Å². The molecule has 114 valence electrons. The molecule has 9 nitrogen and oxygen atoms in total. The SMILES string of the molecule is [NH3+][C@H](C[C@]1(C(=O)[O-])CC2OC[C@H](O)[C@H](O)C2O1)C(=O)[O-]. The molecule has 0 aromatic carbocycles. The molecule has 20 heavy (non-hydrogen) atoms. The lowest BCUT2D eigenvalue weighted by Gasteiger charge is -2.34. The smallest absolute Gasteiger partial charge is 0.128 e. The highest BCUT2D eigenvalue weighted by Crippen LogP contribution is 2.39. The standard InChI is InChI=1S/C11H17NO8/c12-4(9(15)16)1-11(10(17)18)2-6-8(20-11)7(14)5(13)3-19-6/h4-8,13-14H,1-3,12H2,(H,15,16)(H,17,18)/p-1/t4-,5+,6?,7+,8?,11-/m1/s1. The molecule has 0 aliphatic carbocycles. The minimum atomic E-state index is -1.92. The van der Waals surface area contributed by atoms with Gasteiger partial charge >= 0.3 is 0 Å². The van der Waals surface area contributed by atoms with Gasteiger partial charge in [-0.2, -0.15) is 0 Å². The summed E-state index contributed by atoms with van der Waals surface area (Å²) in [6.45, 7) is -0.150. The Hall–Kier alpha value is -1.26. The Morgan fingerprint density at radius 3 is 2.60 bits per heavy atom. The van der Waals surface area contributed by atoms with E-state index in [0.29, 0.717) is 0 Å². The van der Waals surface area contributed by atoms with E-state index in [9.17, 15) is 30.0 Å². The Bertz CT molecular complexity index is 415. The van der Waals surface area contributed by atoms with Crippen molar-refractivity contribution in [1.29, 1.82) is 0 Å². The molecule has 5 N–H and O–H groups in total. The summed E-state index contributed by atoms with van der Waals surface area (Å²) in [7, 11) is 0. The quantitative estimate of drug-likeness (QED) is 0.460. The zero-order chi connectivity index (χ0) is 15.1. The minimum Gasteiger partial charge on any atom is -0.547 e. The van der Waals surface area contributed by atoms with E-state index in [1.165, 1.54) is 0 Å². The van der Waals surface area contributed by atoms with Crippen molar-refractivity contribution in [1.82, 2.24) is 0 Å². The van der Waals surface area contributed by atoms with Crippen LogP contribution in [-0.2, 0) is 19.1 Å². The van der Waals surface area contributed by atoms with Crippen molar-refractivity contribution in [3.63, 3.8) is 0 Å². The van der Waals surface area contributed by atoms with Crippen LogP contribution in [0, 0.1) is 0 Å². The molecule has 9 heteroatoms. The Kier molecular flexibility index (Phi) is 3.98. The number of carboxylic acid groups (broad SMARTS) is 2. The number of ether oxygens (including phenoxy) is 2. The lowest BCUT2D eigenvalue weighted by molar-refractivity contribution is -0.444. The number of aliphatic hydroxyl groups is 2. The van der Waals surface area contributed by atoms with Gasteiger partial charge in [-0.15, -0.1) is 0 Å². The average molecular weight is 290 g/mol. The lowest BCUT2D eigenvalue weighted by atomic mass is 9.89. The average Bonchev–Trinajstić information content (AvgIpc) is 2.74. The molecule has 2 rings (SSSR count). The Morgan fingerprint density at radius 1 is 1.40 bits per heavy atom. The zero-order valence-electron chi connectivity index (χ0n) is 10.6. The molecule has 2 unspecified atom stereocenters. The van der Waals surface area contributed by atoms with Crippen LogP contribution in [0.15, 0.2) is 0 Å². The van der Waals surface area contributed by atoms with Gasteiger partial charge in [-0.05, 0) is 0 Å². The number of hydrogen-bond acceptors (Lipinski definition) is 8. The number of quaternary nitrogens is 1. The minimum absolute atomic E-state index is 0.150. The zero-order valence-corrected chi connectivity index (χ0v) is 10.6. The fourth-order valence-corrected chi connectivity index (χ4v) is 2.64. The molecule has 0 saturated carbocycles. The second kappa shape index (κ2) is 5.26. The van der Waals surface area contributed by atoms with E-state index < -0.39 is 54.4 Å². The summed E-state index contributed by atoms with van der Waals surface area (Å²) in [6.07, 6.45) is -4.93. The van der Waals surface area contributed by atoms with Crippen LogP contribution in [0.1, 0.15) is 12.8 Å². The first-order valence-corrected chi connectivity index (χ1v) is 6.18. The van der Waals surface area contributed by atoms with Gasteiger partial charge in [0, 0.05) is 12.8 Å². The molecule has 0 bridgehead atoms. The Morgan fingerprint density at radius 2 is 2.05 bits per heavy atom. The molecule has 0 aromatic heterocycles. The van der Waals surface area contributed by atoms with Crippen LogP contribution in [-0.4, -0.2) is 64.8 Å². The first kappa shape index (κ1) is 15.1. The number of fused-ring (bicyclic) bond motifs is 1. The van der Waals surface area contributed by atoms with Crippen molar-refractivity contribution in [2.24, 2.45) is 0 Å². The summed E-state index contributed by atoms with van der Waals surface area (Å²) >= 11 is 0. The van der Waals surface area contributed by atoms with Crippen molar-refractivity contribution in [2.45, 2.75) is 48.9 Å². The first-order valence-electron chi connectivity index (χ1n) is 6.18. The van der Waals surface area contributed by atoms with Crippen molar-refractivity contribution in [2.75, 3.05) is 6.61 Å². The van der Waals surface area contributed by atoms with Gasteiger partial charge in [0.2, 0.25) is 0 Å². The topological polar surface area (TPSA) is 167 Å². The first-order chi connectivity index (χ1) is 9.27. The number of aliphatic hydroxyl groups excluding tert-OH is 2. The van der Waals surface area contributed by atoms with Gasteiger partial charge in [-0.3, -0.25) is 0 Å². The molecule has 2 fully saturated rings. The van der Waals surface area contributed by atoms with Gasteiger partial charge in [0.15, 0.2) is 0 Å². The maximum atomic E-state index is 11.3. The highest BCUT2D eigenvalue weighted by atomic mass is 16.6. The summed E-state index contributed by atoms with van der Waals surface area (Å²) in [4.78, 5) is 22.1. The highest BCUT2D eigenvalue weighted by molar-refractivity contribution is 5.78. The lowest BCUT2D eigenvalue weighted by Crippen LogP contribution is -2.71. The predicted octanol–water partition coefficient (Wildman–Crippen LogP) is -5.86. The van der Waals surface area contributed by atoms with Gasteiger partial charge in [-0.25, -0.2) is 0 Å². The molecule has 2 aliphatic heterocycles. The molecule has 2 saturated heterocycles. The normalized spacial score (nSPS) is 42.0. The molecule has 0 spiro atoms. The van der Waals surface area contributed by atoms with Gasteiger partial charge in [-0.1, -0.05) is 0 Å². The van der Waals surface area contributed by atoms with E-state index in [1.54, 1.807) is 0 Å². The maximum absolute atomic E-state index is 11.3. The molecule has 2 heterocycles. The largest absolute Gasteiger partial charge is 0.547 e. The van der Waals surface area contributed by atoms with Crippen LogP contribution in [0.25, 0.3) is 0 Å². The maximum Gasteiger partial charge on any atom is 0.128 e. The van der Waals surface area contributed by atoms with E-state index in [2.05, 4.69) is 5.73 Å². The van der Waals surface area contributed by atoms with Gasteiger partial charge in [0.05, 0.1) is 24.6 Å². The second-order valence-electron chi connectivity index (χ2n) is 5.22. The summed E-state index contributed by atoms with van der Waals surface area (Å²) in [5, 5.41) is 41.3.